The Balaban J connectivity index is 2.58. The average Bonchev–Trinajstić information content (AvgIpc) is 2.47. The molecular formula is C10H11ClFN. The Kier molecular flexibility index (Phi) is 2.05. The molecule has 70 valence electrons. The summed E-state index contributed by atoms with van der Waals surface area (Å²) in [7, 11) is 0. The van der Waals surface area contributed by atoms with E-state index < -0.39 is 5.67 Å². The number of hydrogen-bond acceptors (Lipinski definition) is 1. The highest BCUT2D eigenvalue weighted by Gasteiger charge is 2.39. The van der Waals surface area contributed by atoms with E-state index in [2.05, 4.69) is 0 Å². The standard InChI is InChI=1S/C10H11ClFN/c11-8-3-1-2-7-4-5-10(12,6-13)9(7)8/h1-3H,4-6,13H2. The minimum absolute atomic E-state index is 0.0176. The number of benzene rings is 1. The van der Waals surface area contributed by atoms with Crippen LogP contribution in [0.25, 0.3) is 0 Å². The summed E-state index contributed by atoms with van der Waals surface area (Å²) >= 11 is 5.94. The number of rotatable bonds is 1. The zero-order chi connectivity index (χ0) is 9.47. The molecule has 1 aromatic carbocycles. The van der Waals surface area contributed by atoms with Crippen LogP contribution in [0, 0.1) is 0 Å². The molecule has 1 unspecified atom stereocenters. The molecule has 0 bridgehead atoms. The Labute approximate surface area is 81.7 Å². The molecule has 1 nitrogen and oxygen atoms in total. The van der Waals surface area contributed by atoms with Gasteiger partial charge in [-0.1, -0.05) is 23.7 Å². The van der Waals surface area contributed by atoms with E-state index in [1.807, 2.05) is 12.1 Å². The number of nitrogens with two attached hydrogens (primary N) is 1. The van der Waals surface area contributed by atoms with Crippen molar-refractivity contribution in [3.05, 3.63) is 34.3 Å². The molecule has 0 radical (unpaired) electrons. The highest BCUT2D eigenvalue weighted by atomic mass is 35.5. The maximum atomic E-state index is 14.1. The summed E-state index contributed by atoms with van der Waals surface area (Å²) < 4.78 is 14.1. The van der Waals surface area contributed by atoms with Crippen LogP contribution < -0.4 is 5.73 Å². The van der Waals surface area contributed by atoms with Crippen LogP contribution in [-0.4, -0.2) is 6.54 Å². The molecule has 0 aromatic heterocycles. The van der Waals surface area contributed by atoms with Gasteiger partial charge in [-0.15, -0.1) is 0 Å². The van der Waals surface area contributed by atoms with Gasteiger partial charge in [0.1, 0.15) is 5.67 Å². The van der Waals surface area contributed by atoms with Gasteiger partial charge in [-0.3, -0.25) is 0 Å². The summed E-state index contributed by atoms with van der Waals surface area (Å²) in [4.78, 5) is 0. The van der Waals surface area contributed by atoms with E-state index in [9.17, 15) is 4.39 Å². The number of hydrogen-bond donors (Lipinski definition) is 1. The van der Waals surface area contributed by atoms with Crippen molar-refractivity contribution in [3.63, 3.8) is 0 Å². The molecule has 2 N–H and O–H groups in total. The fraction of sp³-hybridized carbons (Fsp3) is 0.400. The molecule has 0 aliphatic heterocycles. The third kappa shape index (κ3) is 1.25. The minimum Gasteiger partial charge on any atom is -0.327 e. The van der Waals surface area contributed by atoms with Gasteiger partial charge in [-0.25, -0.2) is 4.39 Å². The fourth-order valence-electron chi connectivity index (χ4n) is 1.94. The molecule has 1 atom stereocenters. The van der Waals surface area contributed by atoms with E-state index >= 15 is 0 Å². The van der Waals surface area contributed by atoms with Crippen LogP contribution in [0.2, 0.25) is 5.02 Å². The molecule has 0 heterocycles. The third-order valence-electron chi connectivity index (χ3n) is 2.66. The van der Waals surface area contributed by atoms with E-state index in [0.717, 1.165) is 12.0 Å². The molecule has 0 saturated heterocycles. The Morgan fingerprint density at radius 2 is 2.31 bits per heavy atom. The lowest BCUT2D eigenvalue weighted by molar-refractivity contribution is 0.177. The maximum absolute atomic E-state index is 14.1. The second kappa shape index (κ2) is 2.96. The monoisotopic (exact) mass is 199 g/mol. The van der Waals surface area contributed by atoms with Gasteiger partial charge in [-0.05, 0) is 24.5 Å². The van der Waals surface area contributed by atoms with Gasteiger partial charge in [0.25, 0.3) is 0 Å². The lowest BCUT2D eigenvalue weighted by Crippen LogP contribution is -2.27. The number of alkyl halides is 1. The summed E-state index contributed by atoms with van der Waals surface area (Å²) in [5.74, 6) is 0. The number of fused-ring (bicyclic) bond motifs is 1. The molecule has 0 spiro atoms. The molecule has 1 aromatic rings. The summed E-state index contributed by atoms with van der Waals surface area (Å²) in [5.41, 5.74) is 5.63. The van der Waals surface area contributed by atoms with Crippen molar-refractivity contribution in [1.82, 2.24) is 0 Å². The van der Waals surface area contributed by atoms with Gasteiger partial charge in [0.05, 0.1) is 0 Å². The van der Waals surface area contributed by atoms with Crippen molar-refractivity contribution in [2.24, 2.45) is 5.73 Å². The normalized spacial score (nSPS) is 26.1. The predicted octanol–water partition coefficient (Wildman–Crippen LogP) is 2.41. The molecular weight excluding hydrogens is 189 g/mol. The Hall–Kier alpha value is -0.600. The number of aryl methyl sites for hydroxylation is 1. The van der Waals surface area contributed by atoms with Crippen molar-refractivity contribution >= 4 is 11.6 Å². The summed E-state index contributed by atoms with van der Waals surface area (Å²) in [6.45, 7) is 0.0176. The predicted molar refractivity (Wildman–Crippen MR) is 51.6 cm³/mol. The quantitative estimate of drug-likeness (QED) is 0.739. The Morgan fingerprint density at radius 1 is 1.54 bits per heavy atom. The van der Waals surface area contributed by atoms with Crippen molar-refractivity contribution in [2.45, 2.75) is 18.5 Å². The topological polar surface area (TPSA) is 26.0 Å². The van der Waals surface area contributed by atoms with E-state index in [1.54, 1.807) is 6.07 Å². The lowest BCUT2D eigenvalue weighted by atomic mass is 9.98. The number of halogens is 2. The Bertz CT molecular complexity index is 340. The Morgan fingerprint density at radius 3 is 3.00 bits per heavy atom. The molecule has 3 heteroatoms. The largest absolute Gasteiger partial charge is 0.327 e. The molecule has 1 aliphatic rings. The molecule has 0 fully saturated rings. The molecule has 0 amide bonds. The van der Waals surface area contributed by atoms with E-state index in [0.29, 0.717) is 17.0 Å². The van der Waals surface area contributed by atoms with E-state index in [-0.39, 0.29) is 6.54 Å². The first-order valence-corrected chi connectivity index (χ1v) is 4.72. The van der Waals surface area contributed by atoms with Crippen molar-refractivity contribution in [1.29, 1.82) is 0 Å². The van der Waals surface area contributed by atoms with Crippen LogP contribution in [-0.2, 0) is 12.1 Å². The highest BCUT2D eigenvalue weighted by Crippen LogP contribution is 2.43. The molecule has 2 rings (SSSR count). The smallest absolute Gasteiger partial charge is 0.150 e. The van der Waals surface area contributed by atoms with Crippen molar-refractivity contribution in [2.75, 3.05) is 6.54 Å². The van der Waals surface area contributed by atoms with Crippen LogP contribution >= 0.6 is 11.6 Å². The van der Waals surface area contributed by atoms with Gasteiger partial charge in [0.15, 0.2) is 0 Å². The van der Waals surface area contributed by atoms with Crippen LogP contribution in [0.15, 0.2) is 18.2 Å². The van der Waals surface area contributed by atoms with Gasteiger partial charge < -0.3 is 5.73 Å². The van der Waals surface area contributed by atoms with Crippen LogP contribution in [0.5, 0.6) is 0 Å². The SMILES string of the molecule is NCC1(F)CCc2cccc(Cl)c21. The first-order valence-electron chi connectivity index (χ1n) is 4.34. The van der Waals surface area contributed by atoms with Gasteiger partial charge in [0, 0.05) is 17.1 Å². The van der Waals surface area contributed by atoms with Gasteiger partial charge in [-0.2, -0.15) is 0 Å². The maximum Gasteiger partial charge on any atom is 0.150 e. The van der Waals surface area contributed by atoms with E-state index in [1.165, 1.54) is 0 Å². The van der Waals surface area contributed by atoms with Gasteiger partial charge >= 0.3 is 0 Å². The first kappa shape index (κ1) is 8.97. The van der Waals surface area contributed by atoms with Crippen LogP contribution in [0.3, 0.4) is 0 Å². The second-order valence-electron chi connectivity index (χ2n) is 3.44. The zero-order valence-corrected chi connectivity index (χ0v) is 7.94. The second-order valence-corrected chi connectivity index (χ2v) is 3.85. The molecule has 0 saturated carbocycles. The minimum atomic E-state index is -1.40. The third-order valence-corrected chi connectivity index (χ3v) is 2.98. The van der Waals surface area contributed by atoms with E-state index in [4.69, 9.17) is 17.3 Å². The molecule has 1 aliphatic carbocycles. The summed E-state index contributed by atoms with van der Waals surface area (Å²) in [6.07, 6.45) is 1.20. The highest BCUT2D eigenvalue weighted by molar-refractivity contribution is 6.31. The fourth-order valence-corrected chi connectivity index (χ4v) is 2.30. The molecule has 13 heavy (non-hydrogen) atoms. The van der Waals surface area contributed by atoms with Crippen LogP contribution in [0.1, 0.15) is 17.5 Å². The lowest BCUT2D eigenvalue weighted by Gasteiger charge is -2.19. The zero-order valence-electron chi connectivity index (χ0n) is 7.19. The first-order chi connectivity index (χ1) is 6.17. The van der Waals surface area contributed by atoms with Gasteiger partial charge in [0.2, 0.25) is 0 Å². The van der Waals surface area contributed by atoms with Crippen molar-refractivity contribution < 1.29 is 4.39 Å². The summed E-state index contributed by atoms with van der Waals surface area (Å²) in [5, 5.41) is 0.503. The summed E-state index contributed by atoms with van der Waals surface area (Å²) in [6, 6.07) is 5.48. The average molecular weight is 200 g/mol. The van der Waals surface area contributed by atoms with Crippen molar-refractivity contribution in [3.8, 4) is 0 Å². The van der Waals surface area contributed by atoms with Crippen LogP contribution in [0.4, 0.5) is 4.39 Å².